The Hall–Kier alpha value is -3.96. The van der Waals surface area contributed by atoms with Gasteiger partial charge in [-0.1, -0.05) is 30.7 Å². The Bertz CT molecular complexity index is 1700. The lowest BCUT2D eigenvalue weighted by Gasteiger charge is -2.14. The van der Waals surface area contributed by atoms with Crippen molar-refractivity contribution in [1.29, 1.82) is 0 Å². The number of hydrogen-bond acceptors (Lipinski definition) is 7. The first-order valence-corrected chi connectivity index (χ1v) is 13.4. The number of nitrogens with one attached hydrogen (secondary N) is 2. The number of fused-ring (bicyclic) bond motifs is 1. The van der Waals surface area contributed by atoms with Crippen LogP contribution in [0.25, 0.3) is 22.0 Å². The molecule has 1 amide bonds. The van der Waals surface area contributed by atoms with Gasteiger partial charge in [0, 0.05) is 30.4 Å². The molecule has 4 rings (SSSR count). The number of halogens is 1. The van der Waals surface area contributed by atoms with Gasteiger partial charge >= 0.3 is 0 Å². The van der Waals surface area contributed by atoms with E-state index in [0.29, 0.717) is 27.1 Å². The molecule has 2 N–H and O–H groups in total. The number of amides is 1. The summed E-state index contributed by atoms with van der Waals surface area (Å²) in [6, 6.07) is 11.1. The molecule has 2 aromatic heterocycles. The van der Waals surface area contributed by atoms with Crippen molar-refractivity contribution in [2.75, 3.05) is 18.9 Å². The van der Waals surface area contributed by atoms with Gasteiger partial charge in [0.1, 0.15) is 5.69 Å². The third-order valence-corrected chi connectivity index (χ3v) is 7.83. The SMILES string of the molecule is CNC(=O)[C@@H](C)Cn1cnc2ccc(-c3cnc(OC)c(NS(=O)(=O)c4ccc(C)c(Cl)c4)c3)cc2c1=O. The van der Waals surface area contributed by atoms with Crippen LogP contribution in [0.1, 0.15) is 12.5 Å². The first kappa shape index (κ1) is 27.1. The van der Waals surface area contributed by atoms with E-state index in [4.69, 9.17) is 16.3 Å². The molecular weight excluding hydrogens is 530 g/mol. The fraction of sp³-hybridized carbons (Fsp3) is 0.231. The molecule has 0 fully saturated rings. The fourth-order valence-corrected chi connectivity index (χ4v) is 5.20. The third-order valence-electron chi connectivity index (χ3n) is 6.06. The first-order chi connectivity index (χ1) is 18.0. The van der Waals surface area contributed by atoms with Crippen molar-refractivity contribution in [3.63, 3.8) is 0 Å². The number of carbonyl (C=O) groups is 1. The maximum Gasteiger partial charge on any atom is 0.262 e. The minimum atomic E-state index is -4.00. The van der Waals surface area contributed by atoms with Crippen LogP contribution in [0.15, 0.2) is 64.7 Å². The van der Waals surface area contributed by atoms with Crippen molar-refractivity contribution in [3.05, 3.63) is 75.9 Å². The molecule has 10 nitrogen and oxygen atoms in total. The number of carbonyl (C=O) groups excluding carboxylic acids is 1. The number of methoxy groups -OCH3 is 1. The second-order valence-electron chi connectivity index (χ2n) is 8.75. The van der Waals surface area contributed by atoms with Crippen LogP contribution >= 0.6 is 11.6 Å². The van der Waals surface area contributed by atoms with Gasteiger partial charge in [-0.05, 0) is 48.4 Å². The number of aryl methyl sites for hydroxylation is 1. The minimum absolute atomic E-state index is 0.0103. The lowest BCUT2D eigenvalue weighted by atomic mass is 10.0. The maximum atomic E-state index is 13.2. The van der Waals surface area contributed by atoms with Crippen molar-refractivity contribution < 1.29 is 17.9 Å². The van der Waals surface area contributed by atoms with E-state index in [9.17, 15) is 18.0 Å². The molecule has 0 aliphatic rings. The number of ether oxygens (including phenoxy) is 1. The number of hydrogen-bond donors (Lipinski definition) is 2. The molecule has 0 unspecified atom stereocenters. The highest BCUT2D eigenvalue weighted by Crippen LogP contribution is 2.31. The number of benzene rings is 2. The largest absolute Gasteiger partial charge is 0.480 e. The van der Waals surface area contributed by atoms with Gasteiger partial charge < -0.3 is 10.1 Å². The van der Waals surface area contributed by atoms with E-state index in [1.165, 1.54) is 36.3 Å². The van der Waals surface area contributed by atoms with Gasteiger partial charge in [-0.3, -0.25) is 18.9 Å². The van der Waals surface area contributed by atoms with Gasteiger partial charge in [-0.2, -0.15) is 0 Å². The van der Waals surface area contributed by atoms with E-state index >= 15 is 0 Å². The predicted molar refractivity (Wildman–Crippen MR) is 146 cm³/mol. The summed E-state index contributed by atoms with van der Waals surface area (Å²) < 4.78 is 35.3. The van der Waals surface area contributed by atoms with E-state index in [-0.39, 0.29) is 34.5 Å². The number of aromatic nitrogens is 3. The van der Waals surface area contributed by atoms with Crippen LogP contribution in [0.2, 0.25) is 5.02 Å². The summed E-state index contributed by atoms with van der Waals surface area (Å²) >= 11 is 6.13. The first-order valence-electron chi connectivity index (χ1n) is 11.6. The molecule has 198 valence electrons. The quantitative estimate of drug-likeness (QED) is 0.339. The summed E-state index contributed by atoms with van der Waals surface area (Å²) in [7, 11) is -1.08. The fourth-order valence-electron chi connectivity index (χ4n) is 3.88. The molecule has 0 aliphatic carbocycles. The molecule has 0 bridgehead atoms. The van der Waals surface area contributed by atoms with Gasteiger partial charge in [0.15, 0.2) is 0 Å². The Morgan fingerprint density at radius 2 is 1.89 bits per heavy atom. The molecule has 0 saturated carbocycles. The number of pyridine rings is 1. The summed E-state index contributed by atoms with van der Waals surface area (Å²) in [6.45, 7) is 3.67. The van der Waals surface area contributed by atoms with E-state index in [1.54, 1.807) is 51.2 Å². The molecule has 0 saturated heterocycles. The van der Waals surface area contributed by atoms with Gasteiger partial charge in [0.25, 0.3) is 15.6 Å². The Morgan fingerprint density at radius 1 is 1.13 bits per heavy atom. The van der Waals surface area contributed by atoms with Gasteiger partial charge in [0.05, 0.1) is 35.2 Å². The average molecular weight is 556 g/mol. The molecule has 2 heterocycles. The predicted octanol–water partition coefficient (Wildman–Crippen LogP) is 3.61. The molecule has 12 heteroatoms. The van der Waals surface area contributed by atoms with Gasteiger partial charge in [0.2, 0.25) is 11.8 Å². The molecule has 0 radical (unpaired) electrons. The highest BCUT2D eigenvalue weighted by Gasteiger charge is 2.20. The number of sulfonamides is 1. The molecule has 38 heavy (non-hydrogen) atoms. The van der Waals surface area contributed by atoms with Crippen LogP contribution in [0, 0.1) is 12.8 Å². The standard InChI is InChI=1S/C26H26ClN5O5S/c1-15-5-7-19(11-21(15)27)38(35,36)31-23-10-18(12-29-25(23)37-4)17-6-8-22-20(9-17)26(34)32(14-30-22)13-16(2)24(33)28-3/h5-12,14,16,31H,13H2,1-4H3,(H,28,33)/t16-/m0/s1. The summed E-state index contributed by atoms with van der Waals surface area (Å²) in [5, 5.41) is 3.25. The van der Waals surface area contributed by atoms with Crippen LogP contribution in [0.5, 0.6) is 5.88 Å². The zero-order chi connectivity index (χ0) is 27.6. The third kappa shape index (κ3) is 5.48. The lowest BCUT2D eigenvalue weighted by molar-refractivity contribution is -0.124. The molecule has 4 aromatic rings. The highest BCUT2D eigenvalue weighted by atomic mass is 35.5. The van der Waals surface area contributed by atoms with Gasteiger partial charge in [-0.15, -0.1) is 0 Å². The Labute approximate surface area is 224 Å². The Balaban J connectivity index is 1.73. The number of rotatable bonds is 8. The van der Waals surface area contributed by atoms with Crippen LogP contribution < -0.4 is 20.3 Å². The summed E-state index contributed by atoms with van der Waals surface area (Å²) in [5.41, 5.74) is 2.21. The van der Waals surface area contributed by atoms with Crippen LogP contribution in [0.4, 0.5) is 5.69 Å². The summed E-state index contributed by atoms with van der Waals surface area (Å²) in [4.78, 5) is 33.7. The van der Waals surface area contributed by atoms with E-state index in [1.807, 2.05) is 0 Å². The number of nitrogens with zero attached hydrogens (tertiary/aromatic N) is 3. The van der Waals surface area contributed by atoms with Crippen molar-refractivity contribution in [3.8, 4) is 17.0 Å². The second kappa shape index (κ2) is 10.8. The molecule has 1 atom stereocenters. The summed E-state index contributed by atoms with van der Waals surface area (Å²) in [5.74, 6) is -0.536. The molecule has 2 aromatic carbocycles. The van der Waals surface area contributed by atoms with Gasteiger partial charge in [-0.25, -0.2) is 18.4 Å². The lowest BCUT2D eigenvalue weighted by Crippen LogP contribution is -2.32. The van der Waals surface area contributed by atoms with Crippen molar-refractivity contribution in [2.24, 2.45) is 5.92 Å². The van der Waals surface area contributed by atoms with E-state index in [0.717, 1.165) is 5.56 Å². The van der Waals surface area contributed by atoms with Crippen molar-refractivity contribution in [2.45, 2.75) is 25.3 Å². The van der Waals surface area contributed by atoms with Crippen LogP contribution in [-0.4, -0.2) is 43.0 Å². The zero-order valence-corrected chi connectivity index (χ0v) is 22.7. The highest BCUT2D eigenvalue weighted by molar-refractivity contribution is 7.92. The second-order valence-corrected chi connectivity index (χ2v) is 10.8. The normalized spacial score (nSPS) is 12.2. The van der Waals surface area contributed by atoms with E-state index in [2.05, 4.69) is 20.0 Å². The van der Waals surface area contributed by atoms with Crippen molar-refractivity contribution in [1.82, 2.24) is 19.9 Å². The maximum absolute atomic E-state index is 13.2. The monoisotopic (exact) mass is 555 g/mol. The molecule has 0 aliphatic heterocycles. The average Bonchev–Trinajstić information content (AvgIpc) is 2.90. The zero-order valence-electron chi connectivity index (χ0n) is 21.1. The van der Waals surface area contributed by atoms with Crippen LogP contribution in [0.3, 0.4) is 0 Å². The number of anilines is 1. The smallest absolute Gasteiger partial charge is 0.262 e. The topological polar surface area (TPSA) is 132 Å². The Kier molecular flexibility index (Phi) is 7.70. The van der Waals surface area contributed by atoms with Crippen molar-refractivity contribution >= 4 is 44.1 Å². The van der Waals surface area contributed by atoms with E-state index < -0.39 is 15.9 Å². The molecule has 0 spiro atoms. The Morgan fingerprint density at radius 3 is 2.58 bits per heavy atom. The minimum Gasteiger partial charge on any atom is -0.480 e. The summed E-state index contributed by atoms with van der Waals surface area (Å²) in [6.07, 6.45) is 2.94. The van der Waals surface area contributed by atoms with Crippen LogP contribution in [-0.2, 0) is 21.4 Å². The molecular formula is C26H26ClN5O5S.